The van der Waals surface area contributed by atoms with Crippen molar-refractivity contribution in [3.8, 4) is 0 Å². The number of benzene rings is 3. The Morgan fingerprint density at radius 3 is 2.48 bits per heavy atom. The van der Waals surface area contributed by atoms with Crippen LogP contribution in [-0.4, -0.2) is 53.3 Å². The Hall–Kier alpha value is -4.90. The second kappa shape index (κ2) is 13.6. The second-order valence-electron chi connectivity index (χ2n) is 9.79. The summed E-state index contributed by atoms with van der Waals surface area (Å²) >= 11 is 0. The Morgan fingerprint density at radius 1 is 1.02 bits per heavy atom. The van der Waals surface area contributed by atoms with Gasteiger partial charge in [0.2, 0.25) is 5.91 Å². The zero-order chi connectivity index (χ0) is 30.2. The molecule has 3 aromatic carbocycles. The molecule has 0 spiro atoms. The number of ether oxygens (including phenoxy) is 1. The van der Waals surface area contributed by atoms with E-state index < -0.39 is 22.6 Å². The molecule has 0 fully saturated rings. The van der Waals surface area contributed by atoms with Crippen LogP contribution >= 0.6 is 0 Å². The zero-order valence-corrected chi connectivity index (χ0v) is 23.2. The van der Waals surface area contributed by atoms with Crippen molar-refractivity contribution in [3.05, 3.63) is 121 Å². The number of hydrogen-bond donors (Lipinski definition) is 0. The van der Waals surface area contributed by atoms with Crippen LogP contribution in [0.1, 0.15) is 33.5 Å². The lowest BCUT2D eigenvalue weighted by Gasteiger charge is -2.28. The van der Waals surface area contributed by atoms with Crippen LogP contribution in [-0.2, 0) is 22.6 Å². The molecule has 0 radical (unpaired) electrons. The first-order valence-electron chi connectivity index (χ1n) is 13.2. The third-order valence-corrected chi connectivity index (χ3v) is 6.79. The quantitative estimate of drug-likeness (QED) is 0.134. The highest BCUT2D eigenvalue weighted by Gasteiger charge is 2.25. The molecule has 1 heterocycles. The monoisotopic (exact) mass is 575 g/mol. The maximum atomic E-state index is 13.8. The van der Waals surface area contributed by atoms with Crippen LogP contribution in [0.15, 0.2) is 82.2 Å². The van der Waals surface area contributed by atoms with Crippen molar-refractivity contribution in [1.29, 1.82) is 0 Å². The van der Waals surface area contributed by atoms with E-state index >= 15 is 0 Å². The minimum atomic E-state index is -0.563. The SMILES string of the molecule is COCCCN(CC(=O)N(Cc1ccc(F)cc1)Cc1coc2ccccc2c1=O)C(=O)c1ccc(C)c([N+](=O)[O-])c1. The number of hydrogen-bond acceptors (Lipinski definition) is 7. The molecule has 1 aromatic heterocycles. The highest BCUT2D eigenvalue weighted by molar-refractivity contribution is 5.97. The molecule has 42 heavy (non-hydrogen) atoms. The first-order valence-corrected chi connectivity index (χ1v) is 13.2. The Labute approximate surface area is 241 Å². The number of amides is 2. The summed E-state index contributed by atoms with van der Waals surface area (Å²) < 4.78 is 24.3. The van der Waals surface area contributed by atoms with Crippen molar-refractivity contribution in [2.45, 2.75) is 26.4 Å². The molecule has 0 saturated carbocycles. The van der Waals surface area contributed by atoms with Crippen LogP contribution in [0.2, 0.25) is 0 Å². The smallest absolute Gasteiger partial charge is 0.273 e. The van der Waals surface area contributed by atoms with Gasteiger partial charge in [-0.3, -0.25) is 24.5 Å². The van der Waals surface area contributed by atoms with Gasteiger partial charge in [-0.2, -0.15) is 0 Å². The van der Waals surface area contributed by atoms with Gasteiger partial charge in [-0.1, -0.05) is 30.3 Å². The van der Waals surface area contributed by atoms with E-state index in [1.165, 1.54) is 65.6 Å². The second-order valence-corrected chi connectivity index (χ2v) is 9.79. The molecule has 4 rings (SSSR count). The summed E-state index contributed by atoms with van der Waals surface area (Å²) in [5.74, 6) is -1.48. The van der Waals surface area contributed by atoms with Crippen LogP contribution in [0.4, 0.5) is 10.1 Å². The topological polar surface area (TPSA) is 123 Å². The van der Waals surface area contributed by atoms with Crippen LogP contribution in [0.25, 0.3) is 11.0 Å². The highest BCUT2D eigenvalue weighted by Crippen LogP contribution is 2.21. The van der Waals surface area contributed by atoms with Gasteiger partial charge >= 0.3 is 0 Å². The van der Waals surface area contributed by atoms with E-state index in [4.69, 9.17) is 9.15 Å². The molecular weight excluding hydrogens is 545 g/mol. The first-order chi connectivity index (χ1) is 20.2. The van der Waals surface area contributed by atoms with Crippen LogP contribution in [0.3, 0.4) is 0 Å². The largest absolute Gasteiger partial charge is 0.464 e. The average molecular weight is 576 g/mol. The zero-order valence-electron chi connectivity index (χ0n) is 23.2. The standard InChI is InChI=1S/C31H30FN3O7/c1-21-8-11-23(16-27(21)35(39)40)31(38)33(14-5-15-41-2)19-29(36)34(17-22-9-12-25(32)13-10-22)18-24-20-42-28-7-4-3-6-26(28)30(24)37/h3-4,6-13,16,20H,5,14-15,17-19H2,1-2H3. The van der Waals surface area contributed by atoms with Crippen molar-refractivity contribution < 1.29 is 28.1 Å². The summed E-state index contributed by atoms with van der Waals surface area (Å²) in [6.07, 6.45) is 1.72. The number of carbonyl (C=O) groups excluding carboxylic acids is 2. The van der Waals surface area contributed by atoms with Gasteiger partial charge in [0.1, 0.15) is 17.9 Å². The first kappa shape index (κ1) is 30.1. The molecule has 2 amide bonds. The van der Waals surface area contributed by atoms with Gasteiger partial charge in [0.05, 0.1) is 28.7 Å². The molecule has 0 unspecified atom stereocenters. The predicted molar refractivity (Wildman–Crippen MR) is 153 cm³/mol. The minimum absolute atomic E-state index is 0.0293. The van der Waals surface area contributed by atoms with Crippen LogP contribution in [0, 0.1) is 22.9 Å². The summed E-state index contributed by atoms with van der Waals surface area (Å²) in [5, 5.41) is 11.8. The summed E-state index contributed by atoms with van der Waals surface area (Å²) in [6.45, 7) is 1.57. The van der Waals surface area contributed by atoms with Gasteiger partial charge in [-0.05, 0) is 49.2 Å². The van der Waals surface area contributed by atoms with E-state index in [1.807, 2.05) is 0 Å². The van der Waals surface area contributed by atoms with Crippen molar-refractivity contribution in [3.63, 3.8) is 0 Å². The van der Waals surface area contributed by atoms with Crippen molar-refractivity contribution in [1.82, 2.24) is 9.80 Å². The van der Waals surface area contributed by atoms with E-state index in [0.29, 0.717) is 35.1 Å². The maximum Gasteiger partial charge on any atom is 0.273 e. The van der Waals surface area contributed by atoms with Crippen molar-refractivity contribution in [2.75, 3.05) is 26.8 Å². The van der Waals surface area contributed by atoms with Crippen LogP contribution in [0.5, 0.6) is 0 Å². The molecule has 4 aromatic rings. The summed E-state index contributed by atoms with van der Waals surface area (Å²) in [5.41, 5.74) is 1.22. The molecule has 0 bridgehead atoms. The minimum Gasteiger partial charge on any atom is -0.464 e. The Kier molecular flexibility index (Phi) is 9.77. The number of aryl methyl sites for hydroxylation is 1. The van der Waals surface area contributed by atoms with Gasteiger partial charge in [0.15, 0.2) is 5.43 Å². The number of methoxy groups -OCH3 is 1. The number of nitro benzene ring substituents is 1. The molecule has 10 nitrogen and oxygen atoms in total. The summed E-state index contributed by atoms with van der Waals surface area (Å²) in [4.78, 5) is 54.1. The molecule has 0 aliphatic rings. The Balaban J connectivity index is 1.65. The Bertz CT molecular complexity index is 1650. The number of carbonyl (C=O) groups is 2. The van der Waals surface area contributed by atoms with Gasteiger partial charge in [0.25, 0.3) is 11.6 Å². The third-order valence-electron chi connectivity index (χ3n) is 6.79. The lowest BCUT2D eigenvalue weighted by molar-refractivity contribution is -0.385. The molecule has 0 atom stereocenters. The number of nitro groups is 1. The van der Waals surface area contributed by atoms with E-state index in [1.54, 1.807) is 31.2 Å². The van der Waals surface area contributed by atoms with Gasteiger partial charge in [-0.15, -0.1) is 0 Å². The van der Waals surface area contributed by atoms with Gasteiger partial charge in [-0.25, -0.2) is 4.39 Å². The number of nitrogens with zero attached hydrogens (tertiary/aromatic N) is 3. The number of rotatable bonds is 12. The third kappa shape index (κ3) is 7.24. The lowest BCUT2D eigenvalue weighted by atomic mass is 10.1. The van der Waals surface area contributed by atoms with Gasteiger partial charge in [0, 0.05) is 44.0 Å². The fourth-order valence-corrected chi connectivity index (χ4v) is 4.51. The molecule has 0 aliphatic carbocycles. The molecule has 0 N–H and O–H groups in total. The summed E-state index contributed by atoms with van der Waals surface area (Å²) in [7, 11) is 1.51. The normalized spacial score (nSPS) is 10.9. The van der Waals surface area contributed by atoms with Crippen molar-refractivity contribution >= 4 is 28.5 Å². The fraction of sp³-hybridized carbons (Fsp3) is 0.258. The highest BCUT2D eigenvalue weighted by atomic mass is 19.1. The van der Waals surface area contributed by atoms with Crippen LogP contribution < -0.4 is 5.43 Å². The molecule has 0 aliphatic heterocycles. The molecule has 218 valence electrons. The van der Waals surface area contributed by atoms with E-state index in [9.17, 15) is 28.9 Å². The summed E-state index contributed by atoms with van der Waals surface area (Å²) in [6, 6.07) is 16.5. The van der Waals surface area contributed by atoms with Gasteiger partial charge < -0.3 is 19.0 Å². The lowest BCUT2D eigenvalue weighted by Crippen LogP contribution is -2.43. The molecule has 11 heteroatoms. The predicted octanol–water partition coefficient (Wildman–Crippen LogP) is 4.86. The number of halogens is 1. The van der Waals surface area contributed by atoms with Crippen molar-refractivity contribution in [2.24, 2.45) is 0 Å². The van der Waals surface area contributed by atoms with E-state index in [-0.39, 0.29) is 48.4 Å². The molecular formula is C31H30FN3O7. The number of para-hydroxylation sites is 1. The van der Waals surface area contributed by atoms with E-state index in [2.05, 4.69) is 0 Å². The maximum absolute atomic E-state index is 13.8. The number of fused-ring (bicyclic) bond motifs is 1. The fourth-order valence-electron chi connectivity index (χ4n) is 4.51. The Morgan fingerprint density at radius 2 is 1.76 bits per heavy atom. The molecule has 0 saturated heterocycles. The average Bonchev–Trinajstić information content (AvgIpc) is 2.98. The van der Waals surface area contributed by atoms with E-state index in [0.717, 1.165) is 0 Å².